The van der Waals surface area contributed by atoms with Crippen molar-refractivity contribution in [3.8, 4) is 0 Å². The molecule has 7 heteroatoms. The number of aromatic nitrogens is 2. The maximum Gasteiger partial charge on any atom is 0.253 e. The number of nitrogens with one attached hydrogen (secondary N) is 2. The molecule has 2 N–H and O–H groups in total. The van der Waals surface area contributed by atoms with Crippen LogP contribution < -0.4 is 10.6 Å². The molecule has 0 unspecified atom stereocenters. The molecule has 1 aromatic heterocycles. The van der Waals surface area contributed by atoms with Crippen LogP contribution in [0.5, 0.6) is 0 Å². The van der Waals surface area contributed by atoms with Crippen molar-refractivity contribution in [3.05, 3.63) is 54.1 Å². The van der Waals surface area contributed by atoms with Gasteiger partial charge in [0.25, 0.3) is 5.91 Å². The summed E-state index contributed by atoms with van der Waals surface area (Å²) >= 11 is 1.40. The van der Waals surface area contributed by atoms with Crippen LogP contribution in [0.1, 0.15) is 30.1 Å². The molecule has 1 heterocycles. The third-order valence-electron chi connectivity index (χ3n) is 4.63. The Hall–Kier alpha value is -2.80. The Balaban J connectivity index is 1.43. The molecule has 6 nitrogen and oxygen atoms in total. The Kier molecular flexibility index (Phi) is 5.34. The number of amides is 2. The van der Waals surface area contributed by atoms with E-state index < -0.39 is 0 Å². The summed E-state index contributed by atoms with van der Waals surface area (Å²) in [7, 11) is 0. The lowest BCUT2D eigenvalue weighted by Gasteiger charge is -2.11. The molecule has 0 saturated heterocycles. The van der Waals surface area contributed by atoms with Crippen LogP contribution in [0.15, 0.2) is 53.7 Å². The van der Waals surface area contributed by atoms with Crippen LogP contribution in [-0.2, 0) is 11.3 Å². The number of carbonyl (C=O) groups is 2. The number of anilines is 1. The average molecular weight is 395 g/mol. The Bertz CT molecular complexity index is 1030. The zero-order valence-corrected chi connectivity index (χ0v) is 16.5. The number of benzene rings is 2. The first-order chi connectivity index (χ1) is 13.7. The monoisotopic (exact) mass is 394 g/mol. The van der Waals surface area contributed by atoms with Crippen molar-refractivity contribution in [1.82, 2.24) is 14.9 Å². The minimum absolute atomic E-state index is 0.140. The normalized spacial score (nSPS) is 13.5. The van der Waals surface area contributed by atoms with Crippen LogP contribution in [0.2, 0.25) is 0 Å². The molecular weight excluding hydrogens is 372 g/mol. The molecular formula is C21H22N4O2S. The van der Waals surface area contributed by atoms with E-state index in [0.29, 0.717) is 11.3 Å². The number of aryl methyl sites for hydroxylation is 1. The van der Waals surface area contributed by atoms with E-state index in [4.69, 9.17) is 0 Å². The summed E-state index contributed by atoms with van der Waals surface area (Å²) in [6.45, 7) is 2.85. The van der Waals surface area contributed by atoms with E-state index in [1.165, 1.54) is 11.8 Å². The van der Waals surface area contributed by atoms with Crippen molar-refractivity contribution in [2.75, 3.05) is 11.1 Å². The van der Waals surface area contributed by atoms with Crippen LogP contribution in [0.25, 0.3) is 11.0 Å². The van der Waals surface area contributed by atoms with E-state index in [-0.39, 0.29) is 23.6 Å². The maximum absolute atomic E-state index is 12.5. The molecule has 4 rings (SSSR count). The molecule has 0 aliphatic heterocycles. The summed E-state index contributed by atoms with van der Waals surface area (Å²) in [5.41, 5.74) is 3.02. The molecule has 2 aromatic carbocycles. The van der Waals surface area contributed by atoms with Crippen molar-refractivity contribution in [2.24, 2.45) is 0 Å². The Morgan fingerprint density at radius 1 is 1.14 bits per heavy atom. The molecule has 1 saturated carbocycles. The Morgan fingerprint density at radius 2 is 1.89 bits per heavy atom. The van der Waals surface area contributed by atoms with Crippen LogP contribution in [0.4, 0.5) is 5.69 Å². The van der Waals surface area contributed by atoms with Crippen LogP contribution in [0, 0.1) is 0 Å². The third kappa shape index (κ3) is 4.04. The molecule has 1 aliphatic carbocycles. The van der Waals surface area contributed by atoms with Crippen LogP contribution >= 0.6 is 11.8 Å². The van der Waals surface area contributed by atoms with Gasteiger partial charge in [-0.1, -0.05) is 36.0 Å². The van der Waals surface area contributed by atoms with Crippen LogP contribution in [-0.4, -0.2) is 33.2 Å². The first-order valence-electron chi connectivity index (χ1n) is 9.43. The first kappa shape index (κ1) is 18.6. The van der Waals surface area contributed by atoms with Gasteiger partial charge in [-0.15, -0.1) is 0 Å². The summed E-state index contributed by atoms with van der Waals surface area (Å²) in [4.78, 5) is 29.5. The van der Waals surface area contributed by atoms with Gasteiger partial charge in [0, 0.05) is 12.6 Å². The number of rotatable bonds is 7. The Labute approximate surface area is 167 Å². The summed E-state index contributed by atoms with van der Waals surface area (Å²) in [5, 5.41) is 6.65. The molecule has 0 bridgehead atoms. The SMILES string of the molecule is CCn1c(SCC(=O)Nc2ccccc2C(=O)NC2CC2)nc2ccccc21. The van der Waals surface area contributed by atoms with Gasteiger partial charge in [0.1, 0.15) is 0 Å². The van der Waals surface area contributed by atoms with Crippen molar-refractivity contribution in [2.45, 2.75) is 37.5 Å². The zero-order chi connectivity index (χ0) is 19.5. The van der Waals surface area contributed by atoms with E-state index in [1.54, 1.807) is 18.2 Å². The van der Waals surface area contributed by atoms with Crippen molar-refractivity contribution < 1.29 is 9.59 Å². The number of carbonyl (C=O) groups excluding carboxylic acids is 2. The molecule has 3 aromatic rings. The highest BCUT2D eigenvalue weighted by Crippen LogP contribution is 2.25. The highest BCUT2D eigenvalue weighted by molar-refractivity contribution is 7.99. The largest absolute Gasteiger partial charge is 0.349 e. The summed E-state index contributed by atoms with van der Waals surface area (Å²) in [6.07, 6.45) is 2.05. The van der Waals surface area contributed by atoms with Gasteiger partial charge in [-0.05, 0) is 44.0 Å². The topological polar surface area (TPSA) is 76.0 Å². The van der Waals surface area contributed by atoms with E-state index in [1.807, 2.05) is 30.3 Å². The number of fused-ring (bicyclic) bond motifs is 1. The smallest absolute Gasteiger partial charge is 0.253 e. The summed E-state index contributed by atoms with van der Waals surface area (Å²) in [6, 6.07) is 15.3. The summed E-state index contributed by atoms with van der Waals surface area (Å²) in [5.74, 6) is -0.0766. The van der Waals surface area contributed by atoms with Gasteiger partial charge < -0.3 is 15.2 Å². The second-order valence-electron chi connectivity index (χ2n) is 6.76. The molecule has 1 fully saturated rings. The fraction of sp³-hybridized carbons (Fsp3) is 0.286. The van der Waals surface area contributed by atoms with Gasteiger partial charge in [-0.25, -0.2) is 4.98 Å². The predicted molar refractivity (Wildman–Crippen MR) is 112 cm³/mol. The number of imidazole rings is 1. The van der Waals surface area contributed by atoms with E-state index in [2.05, 4.69) is 27.1 Å². The maximum atomic E-state index is 12.5. The third-order valence-corrected chi connectivity index (χ3v) is 5.60. The lowest BCUT2D eigenvalue weighted by Crippen LogP contribution is -2.27. The number of thioether (sulfide) groups is 1. The van der Waals surface area contributed by atoms with Crippen molar-refractivity contribution >= 4 is 40.3 Å². The average Bonchev–Trinajstić information content (AvgIpc) is 3.44. The molecule has 144 valence electrons. The minimum Gasteiger partial charge on any atom is -0.349 e. The second-order valence-corrected chi connectivity index (χ2v) is 7.70. The highest BCUT2D eigenvalue weighted by atomic mass is 32.2. The summed E-state index contributed by atoms with van der Waals surface area (Å²) < 4.78 is 2.10. The van der Waals surface area contributed by atoms with Crippen molar-refractivity contribution in [3.63, 3.8) is 0 Å². The lowest BCUT2D eigenvalue weighted by atomic mass is 10.1. The zero-order valence-electron chi connectivity index (χ0n) is 15.6. The predicted octanol–water partition coefficient (Wildman–Crippen LogP) is 3.68. The van der Waals surface area contributed by atoms with Gasteiger partial charge in [0.05, 0.1) is 28.0 Å². The highest BCUT2D eigenvalue weighted by Gasteiger charge is 2.25. The molecule has 28 heavy (non-hydrogen) atoms. The van der Waals surface area contributed by atoms with Gasteiger partial charge >= 0.3 is 0 Å². The quantitative estimate of drug-likeness (QED) is 0.600. The van der Waals surface area contributed by atoms with E-state index in [0.717, 1.165) is 35.6 Å². The second kappa shape index (κ2) is 8.06. The van der Waals surface area contributed by atoms with E-state index in [9.17, 15) is 9.59 Å². The lowest BCUT2D eigenvalue weighted by molar-refractivity contribution is -0.113. The minimum atomic E-state index is -0.161. The Morgan fingerprint density at radius 3 is 2.68 bits per heavy atom. The van der Waals surface area contributed by atoms with Gasteiger partial charge in [-0.3, -0.25) is 9.59 Å². The number of nitrogens with zero attached hydrogens (tertiary/aromatic N) is 2. The van der Waals surface area contributed by atoms with Crippen molar-refractivity contribution in [1.29, 1.82) is 0 Å². The van der Waals surface area contributed by atoms with Crippen LogP contribution in [0.3, 0.4) is 0 Å². The van der Waals surface area contributed by atoms with Gasteiger partial charge in [-0.2, -0.15) is 0 Å². The molecule has 0 spiro atoms. The standard InChI is InChI=1S/C21H22N4O2S/c1-2-25-18-10-6-5-9-17(18)24-21(25)28-13-19(26)23-16-8-4-3-7-15(16)20(27)22-14-11-12-14/h3-10,14H,2,11-13H2,1H3,(H,22,27)(H,23,26). The van der Waals surface area contributed by atoms with Gasteiger partial charge in [0.15, 0.2) is 5.16 Å². The molecule has 0 radical (unpaired) electrons. The number of hydrogen-bond acceptors (Lipinski definition) is 4. The number of para-hydroxylation sites is 3. The van der Waals surface area contributed by atoms with Gasteiger partial charge in [0.2, 0.25) is 5.91 Å². The fourth-order valence-corrected chi connectivity index (χ4v) is 3.95. The molecule has 2 amide bonds. The van der Waals surface area contributed by atoms with E-state index >= 15 is 0 Å². The number of hydrogen-bond donors (Lipinski definition) is 2. The fourth-order valence-electron chi connectivity index (χ4n) is 3.07. The first-order valence-corrected chi connectivity index (χ1v) is 10.4. The molecule has 0 atom stereocenters. The molecule has 1 aliphatic rings.